The van der Waals surface area contributed by atoms with Gasteiger partial charge >= 0.3 is 0 Å². The van der Waals surface area contributed by atoms with E-state index in [2.05, 4.69) is 40.6 Å². The van der Waals surface area contributed by atoms with Gasteiger partial charge in [0.25, 0.3) is 0 Å². The Morgan fingerprint density at radius 2 is 1.93 bits per heavy atom. The third kappa shape index (κ3) is 1.96. The summed E-state index contributed by atoms with van der Waals surface area (Å²) >= 11 is 0. The minimum Gasteiger partial charge on any atom is -0.388 e. The third-order valence-electron chi connectivity index (χ3n) is 2.30. The lowest BCUT2D eigenvalue weighted by Crippen LogP contribution is -1.90. The zero-order valence-electron chi connectivity index (χ0n) is 8.25. The molecule has 0 radical (unpaired) electrons. The van der Waals surface area contributed by atoms with Crippen molar-refractivity contribution in [1.82, 2.24) is 4.98 Å². The van der Waals surface area contributed by atoms with Gasteiger partial charge in [-0.15, -0.1) is 0 Å². The second kappa shape index (κ2) is 4.01. The number of anilines is 1. The molecule has 0 fully saturated rings. The van der Waals surface area contributed by atoms with Crippen molar-refractivity contribution in [1.29, 1.82) is 0 Å². The topological polar surface area (TPSA) is 27.8 Å². The number of hydrogen-bond acceptors (Lipinski definition) is 1. The Morgan fingerprint density at radius 1 is 1.14 bits per heavy atom. The highest BCUT2D eigenvalue weighted by Crippen LogP contribution is 2.11. The highest BCUT2D eigenvalue weighted by molar-refractivity contribution is 5.44. The molecule has 0 amide bonds. The number of hydrogen-bond donors (Lipinski definition) is 2. The summed E-state index contributed by atoms with van der Waals surface area (Å²) in [6.45, 7) is 0. The van der Waals surface area contributed by atoms with Crippen LogP contribution in [0.1, 0.15) is 11.3 Å². The monoisotopic (exact) mass is 186 g/mol. The van der Waals surface area contributed by atoms with Crippen LogP contribution in [0.3, 0.4) is 0 Å². The Kier molecular flexibility index (Phi) is 2.54. The standard InChI is InChI=1S/C12H14N2/c1-13-11-6-4-10(5-7-11)9-12-3-2-8-14-12/h2-8,13-14H,9H2,1H3. The maximum Gasteiger partial charge on any atom is 0.0337 e. The van der Waals surface area contributed by atoms with Crippen LogP contribution >= 0.6 is 0 Å². The molecule has 72 valence electrons. The number of rotatable bonds is 3. The molecule has 14 heavy (non-hydrogen) atoms. The van der Waals surface area contributed by atoms with Gasteiger partial charge in [0.1, 0.15) is 0 Å². The Hall–Kier alpha value is -1.70. The molecule has 2 rings (SSSR count). The summed E-state index contributed by atoms with van der Waals surface area (Å²) in [6.07, 6.45) is 2.92. The lowest BCUT2D eigenvalue weighted by atomic mass is 10.1. The fourth-order valence-electron chi connectivity index (χ4n) is 1.49. The predicted molar refractivity (Wildman–Crippen MR) is 59.6 cm³/mol. The summed E-state index contributed by atoms with van der Waals surface area (Å²) in [6, 6.07) is 12.6. The van der Waals surface area contributed by atoms with Gasteiger partial charge in [0, 0.05) is 31.0 Å². The van der Waals surface area contributed by atoms with Gasteiger partial charge in [0.2, 0.25) is 0 Å². The molecule has 0 atom stereocenters. The van der Waals surface area contributed by atoms with Gasteiger partial charge in [-0.3, -0.25) is 0 Å². The first-order valence-electron chi connectivity index (χ1n) is 4.77. The second-order valence-corrected chi connectivity index (χ2v) is 3.32. The molecule has 0 saturated carbocycles. The smallest absolute Gasteiger partial charge is 0.0337 e. The first-order chi connectivity index (χ1) is 6.88. The van der Waals surface area contributed by atoms with Crippen molar-refractivity contribution in [2.45, 2.75) is 6.42 Å². The van der Waals surface area contributed by atoms with Crippen LogP contribution in [-0.4, -0.2) is 12.0 Å². The average molecular weight is 186 g/mol. The molecular weight excluding hydrogens is 172 g/mol. The van der Waals surface area contributed by atoms with Crippen molar-refractivity contribution < 1.29 is 0 Å². The Morgan fingerprint density at radius 3 is 2.50 bits per heavy atom. The van der Waals surface area contributed by atoms with Crippen LogP contribution < -0.4 is 5.32 Å². The Balaban J connectivity index is 2.10. The zero-order chi connectivity index (χ0) is 9.80. The van der Waals surface area contributed by atoms with Crippen LogP contribution in [-0.2, 0) is 6.42 Å². The van der Waals surface area contributed by atoms with E-state index in [9.17, 15) is 0 Å². The molecule has 0 unspecified atom stereocenters. The van der Waals surface area contributed by atoms with E-state index in [1.165, 1.54) is 11.3 Å². The molecule has 0 bridgehead atoms. The number of benzene rings is 1. The van der Waals surface area contributed by atoms with E-state index in [1.54, 1.807) is 0 Å². The summed E-state index contributed by atoms with van der Waals surface area (Å²) in [7, 11) is 1.93. The van der Waals surface area contributed by atoms with E-state index in [-0.39, 0.29) is 0 Å². The lowest BCUT2D eigenvalue weighted by Gasteiger charge is -2.02. The Labute approximate surface area is 84.0 Å². The minimum absolute atomic E-state index is 0.969. The van der Waals surface area contributed by atoms with Crippen LogP contribution in [0, 0.1) is 0 Å². The largest absolute Gasteiger partial charge is 0.388 e. The summed E-state index contributed by atoms with van der Waals surface area (Å²) in [5.74, 6) is 0. The van der Waals surface area contributed by atoms with Crippen LogP contribution in [0.5, 0.6) is 0 Å². The second-order valence-electron chi connectivity index (χ2n) is 3.32. The summed E-state index contributed by atoms with van der Waals surface area (Å²) in [5.41, 5.74) is 3.73. The van der Waals surface area contributed by atoms with Crippen LogP contribution in [0.4, 0.5) is 5.69 Å². The minimum atomic E-state index is 0.969. The van der Waals surface area contributed by atoms with Crippen LogP contribution in [0.15, 0.2) is 42.6 Å². The van der Waals surface area contributed by atoms with E-state index in [4.69, 9.17) is 0 Å². The molecule has 0 spiro atoms. The van der Waals surface area contributed by atoms with Gasteiger partial charge in [-0.2, -0.15) is 0 Å². The number of H-pyrrole nitrogens is 1. The first kappa shape index (κ1) is 8.88. The van der Waals surface area contributed by atoms with Crippen molar-refractivity contribution in [2.24, 2.45) is 0 Å². The maximum atomic E-state index is 3.20. The molecule has 2 N–H and O–H groups in total. The molecule has 0 aliphatic heterocycles. The Bertz CT molecular complexity index is 373. The summed E-state index contributed by atoms with van der Waals surface area (Å²) in [4.78, 5) is 3.20. The molecule has 1 aromatic carbocycles. The van der Waals surface area contributed by atoms with Crippen molar-refractivity contribution in [3.05, 3.63) is 53.9 Å². The number of aromatic nitrogens is 1. The fourth-order valence-corrected chi connectivity index (χ4v) is 1.49. The molecule has 0 aliphatic rings. The zero-order valence-corrected chi connectivity index (χ0v) is 8.25. The molecule has 1 heterocycles. The number of nitrogens with one attached hydrogen (secondary N) is 2. The fraction of sp³-hybridized carbons (Fsp3) is 0.167. The van der Waals surface area contributed by atoms with E-state index in [1.807, 2.05) is 19.3 Å². The van der Waals surface area contributed by atoms with Crippen LogP contribution in [0.25, 0.3) is 0 Å². The van der Waals surface area contributed by atoms with E-state index in [0.29, 0.717) is 0 Å². The SMILES string of the molecule is CNc1ccc(Cc2ccc[nH]2)cc1. The molecule has 1 aromatic heterocycles. The van der Waals surface area contributed by atoms with E-state index in [0.717, 1.165) is 12.1 Å². The molecular formula is C12H14N2. The molecule has 0 saturated heterocycles. The van der Waals surface area contributed by atoms with Gasteiger partial charge in [-0.25, -0.2) is 0 Å². The van der Waals surface area contributed by atoms with Crippen molar-refractivity contribution in [2.75, 3.05) is 12.4 Å². The van der Waals surface area contributed by atoms with E-state index >= 15 is 0 Å². The van der Waals surface area contributed by atoms with Crippen LogP contribution in [0.2, 0.25) is 0 Å². The average Bonchev–Trinajstić information content (AvgIpc) is 2.72. The summed E-state index contributed by atoms with van der Waals surface area (Å²) < 4.78 is 0. The summed E-state index contributed by atoms with van der Waals surface area (Å²) in [5, 5.41) is 3.11. The molecule has 2 aromatic rings. The highest BCUT2D eigenvalue weighted by Gasteiger charge is 1.96. The quantitative estimate of drug-likeness (QED) is 0.757. The normalized spacial score (nSPS) is 10.1. The maximum absolute atomic E-state index is 3.20. The van der Waals surface area contributed by atoms with Gasteiger partial charge in [-0.05, 0) is 29.8 Å². The van der Waals surface area contributed by atoms with Gasteiger partial charge in [0.05, 0.1) is 0 Å². The highest BCUT2D eigenvalue weighted by atomic mass is 14.8. The van der Waals surface area contributed by atoms with Crippen molar-refractivity contribution in [3.63, 3.8) is 0 Å². The van der Waals surface area contributed by atoms with Crippen molar-refractivity contribution in [3.8, 4) is 0 Å². The molecule has 2 heteroatoms. The number of aromatic amines is 1. The van der Waals surface area contributed by atoms with Gasteiger partial charge < -0.3 is 10.3 Å². The lowest BCUT2D eigenvalue weighted by molar-refractivity contribution is 1.11. The molecule has 0 aliphatic carbocycles. The van der Waals surface area contributed by atoms with Crippen molar-refractivity contribution >= 4 is 5.69 Å². The van der Waals surface area contributed by atoms with Gasteiger partial charge in [-0.1, -0.05) is 12.1 Å². The predicted octanol–water partition coefficient (Wildman–Crippen LogP) is 2.65. The van der Waals surface area contributed by atoms with E-state index < -0.39 is 0 Å². The molecule has 2 nitrogen and oxygen atoms in total. The van der Waals surface area contributed by atoms with Gasteiger partial charge in [0.15, 0.2) is 0 Å². The third-order valence-corrected chi connectivity index (χ3v) is 2.30. The first-order valence-corrected chi connectivity index (χ1v) is 4.77.